The van der Waals surface area contributed by atoms with Crippen LogP contribution in [0.5, 0.6) is 5.75 Å². The monoisotopic (exact) mass is 248 g/mol. The molecule has 2 aliphatic rings. The number of rotatable bonds is 4. The van der Waals surface area contributed by atoms with E-state index < -0.39 is 0 Å². The molecule has 0 atom stereocenters. The van der Waals surface area contributed by atoms with Crippen LogP contribution in [0.3, 0.4) is 0 Å². The van der Waals surface area contributed by atoms with E-state index in [0.717, 1.165) is 51.7 Å². The van der Waals surface area contributed by atoms with E-state index in [2.05, 4.69) is 34.5 Å². The molecule has 98 valence electrons. The van der Waals surface area contributed by atoms with Crippen molar-refractivity contribution in [1.29, 1.82) is 0 Å². The predicted octanol–water partition coefficient (Wildman–Crippen LogP) is 0.869. The van der Waals surface area contributed by atoms with Gasteiger partial charge in [0, 0.05) is 32.7 Å². The molecule has 1 N–H and O–H groups in total. The number of nitrogens with one attached hydrogen (secondary N) is 1. The van der Waals surface area contributed by atoms with E-state index in [1.54, 1.807) is 0 Å². The lowest BCUT2D eigenvalue weighted by atomic mass is 10.2. The third-order valence-corrected chi connectivity index (χ3v) is 3.48. The molecular formula is C14H20N2O2. The Labute approximate surface area is 108 Å². The summed E-state index contributed by atoms with van der Waals surface area (Å²) in [5, 5.41) is 3.20. The minimum absolute atomic E-state index is 0.357. The van der Waals surface area contributed by atoms with Gasteiger partial charge in [-0.2, -0.15) is 0 Å². The van der Waals surface area contributed by atoms with Gasteiger partial charge in [-0.1, -0.05) is 12.1 Å². The van der Waals surface area contributed by atoms with E-state index in [1.165, 1.54) is 5.56 Å². The van der Waals surface area contributed by atoms with Gasteiger partial charge in [-0.25, -0.2) is 0 Å². The molecule has 4 nitrogen and oxygen atoms in total. The van der Waals surface area contributed by atoms with Crippen LogP contribution in [0, 0.1) is 0 Å². The third-order valence-electron chi connectivity index (χ3n) is 3.48. The zero-order valence-corrected chi connectivity index (χ0v) is 10.6. The second-order valence-electron chi connectivity index (χ2n) is 4.93. The Bertz CT molecular complexity index is 370. The van der Waals surface area contributed by atoms with Crippen molar-refractivity contribution in [2.75, 3.05) is 39.4 Å². The molecule has 2 heterocycles. The van der Waals surface area contributed by atoms with E-state index in [-0.39, 0.29) is 0 Å². The number of hydrogen-bond donors (Lipinski definition) is 1. The summed E-state index contributed by atoms with van der Waals surface area (Å²) in [6.45, 7) is 6.73. The highest BCUT2D eigenvalue weighted by atomic mass is 16.5. The summed E-state index contributed by atoms with van der Waals surface area (Å²) in [5.41, 5.74) is 1.34. The lowest BCUT2D eigenvalue weighted by Gasteiger charge is -2.28. The molecule has 0 radical (unpaired) electrons. The van der Waals surface area contributed by atoms with Gasteiger partial charge in [-0.15, -0.1) is 0 Å². The second kappa shape index (κ2) is 5.69. The van der Waals surface area contributed by atoms with Gasteiger partial charge in [-0.05, 0) is 17.7 Å². The molecule has 1 aromatic carbocycles. The molecule has 2 saturated heterocycles. The summed E-state index contributed by atoms with van der Waals surface area (Å²) < 4.78 is 11.2. The molecule has 18 heavy (non-hydrogen) atoms. The molecule has 3 rings (SSSR count). The lowest BCUT2D eigenvalue weighted by Crippen LogP contribution is -2.50. The van der Waals surface area contributed by atoms with E-state index in [0.29, 0.717) is 6.10 Å². The first kappa shape index (κ1) is 12.0. The fourth-order valence-electron chi connectivity index (χ4n) is 2.23. The third kappa shape index (κ3) is 3.02. The summed E-state index contributed by atoms with van der Waals surface area (Å²) in [5.74, 6) is 0.979. The van der Waals surface area contributed by atoms with Gasteiger partial charge in [0.2, 0.25) is 0 Å². The van der Waals surface area contributed by atoms with Gasteiger partial charge in [-0.3, -0.25) is 4.90 Å². The molecule has 0 amide bonds. The minimum Gasteiger partial charge on any atom is -0.488 e. The molecule has 0 unspecified atom stereocenters. The topological polar surface area (TPSA) is 33.7 Å². The van der Waals surface area contributed by atoms with Crippen LogP contribution in [0.15, 0.2) is 24.3 Å². The fraction of sp³-hybridized carbons (Fsp3) is 0.571. The molecule has 0 bridgehead atoms. The van der Waals surface area contributed by atoms with Crippen LogP contribution in [-0.2, 0) is 11.3 Å². The first-order valence-corrected chi connectivity index (χ1v) is 6.66. The molecule has 4 heteroatoms. The van der Waals surface area contributed by atoms with Crippen molar-refractivity contribution in [3.8, 4) is 5.75 Å². The summed E-state index contributed by atoms with van der Waals surface area (Å²) in [6, 6.07) is 8.48. The van der Waals surface area contributed by atoms with E-state index in [9.17, 15) is 0 Å². The summed E-state index contributed by atoms with van der Waals surface area (Å²) in [4.78, 5) is 2.43. The summed E-state index contributed by atoms with van der Waals surface area (Å²) >= 11 is 0. The number of morpholine rings is 1. The smallest absolute Gasteiger partial charge is 0.123 e. The predicted molar refractivity (Wildman–Crippen MR) is 69.8 cm³/mol. The molecular weight excluding hydrogens is 228 g/mol. The van der Waals surface area contributed by atoms with Crippen LogP contribution in [0.25, 0.3) is 0 Å². The quantitative estimate of drug-likeness (QED) is 0.857. The van der Waals surface area contributed by atoms with E-state index >= 15 is 0 Å². The molecule has 1 aromatic rings. The molecule has 0 aromatic heterocycles. The zero-order valence-electron chi connectivity index (χ0n) is 10.6. The largest absolute Gasteiger partial charge is 0.488 e. The Balaban J connectivity index is 1.52. The maximum absolute atomic E-state index is 5.80. The summed E-state index contributed by atoms with van der Waals surface area (Å²) in [7, 11) is 0. The van der Waals surface area contributed by atoms with Gasteiger partial charge < -0.3 is 14.8 Å². The minimum atomic E-state index is 0.357. The van der Waals surface area contributed by atoms with Crippen LogP contribution >= 0.6 is 0 Å². The lowest BCUT2D eigenvalue weighted by molar-refractivity contribution is 0.0342. The maximum atomic E-state index is 5.80. The summed E-state index contributed by atoms with van der Waals surface area (Å²) in [6.07, 6.45) is 0.357. The van der Waals surface area contributed by atoms with Gasteiger partial charge in [0.05, 0.1) is 13.2 Å². The van der Waals surface area contributed by atoms with Crippen LogP contribution in [0.2, 0.25) is 0 Å². The number of benzene rings is 1. The fourth-order valence-corrected chi connectivity index (χ4v) is 2.23. The van der Waals surface area contributed by atoms with Gasteiger partial charge in [0.15, 0.2) is 0 Å². The molecule has 2 aliphatic heterocycles. The number of hydrogen-bond acceptors (Lipinski definition) is 4. The van der Waals surface area contributed by atoms with Crippen molar-refractivity contribution in [2.45, 2.75) is 12.6 Å². The Morgan fingerprint density at radius 3 is 2.50 bits per heavy atom. The van der Waals surface area contributed by atoms with E-state index in [4.69, 9.17) is 9.47 Å². The van der Waals surface area contributed by atoms with Crippen molar-refractivity contribution in [3.05, 3.63) is 29.8 Å². The average molecular weight is 248 g/mol. The standard InChI is InChI=1S/C14H20N2O2/c1-3-13(18-14-9-15-10-14)4-2-12(1)11-16-5-7-17-8-6-16/h1-4,14-15H,5-11H2. The van der Waals surface area contributed by atoms with Crippen molar-refractivity contribution in [1.82, 2.24) is 10.2 Å². The first-order chi connectivity index (χ1) is 8.90. The van der Waals surface area contributed by atoms with Crippen molar-refractivity contribution < 1.29 is 9.47 Å². The SMILES string of the molecule is c1cc(OC2CNC2)ccc1CN1CCOCC1. The molecule has 2 fully saturated rings. The average Bonchev–Trinajstić information content (AvgIpc) is 2.37. The highest BCUT2D eigenvalue weighted by Crippen LogP contribution is 2.16. The number of ether oxygens (including phenoxy) is 2. The van der Waals surface area contributed by atoms with Crippen molar-refractivity contribution in [3.63, 3.8) is 0 Å². The van der Waals surface area contributed by atoms with E-state index in [1.807, 2.05) is 0 Å². The Hall–Kier alpha value is -1.10. The van der Waals surface area contributed by atoms with Crippen LogP contribution in [0.1, 0.15) is 5.56 Å². The molecule has 0 spiro atoms. The highest BCUT2D eigenvalue weighted by molar-refractivity contribution is 5.27. The number of nitrogens with zero attached hydrogens (tertiary/aromatic N) is 1. The van der Waals surface area contributed by atoms with Crippen LogP contribution < -0.4 is 10.1 Å². The molecule has 0 aliphatic carbocycles. The van der Waals surface area contributed by atoms with Crippen molar-refractivity contribution in [2.24, 2.45) is 0 Å². The van der Waals surface area contributed by atoms with Crippen molar-refractivity contribution >= 4 is 0 Å². The normalized spacial score (nSPS) is 21.6. The Morgan fingerprint density at radius 1 is 1.17 bits per heavy atom. The van der Waals surface area contributed by atoms with Crippen LogP contribution in [-0.4, -0.2) is 50.4 Å². The Kier molecular flexibility index (Phi) is 3.78. The second-order valence-corrected chi connectivity index (χ2v) is 4.93. The zero-order chi connectivity index (χ0) is 12.2. The molecule has 0 saturated carbocycles. The van der Waals surface area contributed by atoms with Crippen LogP contribution in [0.4, 0.5) is 0 Å². The van der Waals surface area contributed by atoms with Gasteiger partial charge >= 0.3 is 0 Å². The first-order valence-electron chi connectivity index (χ1n) is 6.66. The van der Waals surface area contributed by atoms with Gasteiger partial charge in [0.1, 0.15) is 11.9 Å². The Morgan fingerprint density at radius 2 is 1.89 bits per heavy atom. The highest BCUT2D eigenvalue weighted by Gasteiger charge is 2.18. The maximum Gasteiger partial charge on any atom is 0.123 e. The van der Waals surface area contributed by atoms with Gasteiger partial charge in [0.25, 0.3) is 0 Å².